The van der Waals surface area contributed by atoms with E-state index in [0.717, 1.165) is 23.2 Å². The summed E-state index contributed by atoms with van der Waals surface area (Å²) in [5, 5.41) is 0. The van der Waals surface area contributed by atoms with Gasteiger partial charge in [0.05, 0.1) is 11.7 Å². The molecule has 3 atom stereocenters. The van der Waals surface area contributed by atoms with E-state index < -0.39 is 0 Å². The van der Waals surface area contributed by atoms with E-state index in [4.69, 9.17) is 4.74 Å². The highest BCUT2D eigenvalue weighted by Gasteiger charge is 2.26. The summed E-state index contributed by atoms with van der Waals surface area (Å²) < 4.78 is 7.05. The summed E-state index contributed by atoms with van der Waals surface area (Å²) in [5.74, 6) is 2.23. The maximum absolute atomic E-state index is 11.6. The minimum absolute atomic E-state index is 0.0553. The van der Waals surface area contributed by atoms with Crippen LogP contribution in [0.15, 0.2) is 22.7 Å². The monoisotopic (exact) mass is 324 g/mol. The summed E-state index contributed by atoms with van der Waals surface area (Å²) in [6, 6.07) is 5.62. The molecule has 2 rings (SSSR count). The van der Waals surface area contributed by atoms with Crippen LogP contribution < -0.4 is 4.74 Å². The van der Waals surface area contributed by atoms with E-state index in [-0.39, 0.29) is 11.9 Å². The van der Waals surface area contributed by atoms with Crippen LogP contribution in [-0.2, 0) is 0 Å². The van der Waals surface area contributed by atoms with E-state index in [2.05, 4.69) is 29.8 Å². The molecule has 0 bridgehead atoms. The number of Topliss-reactive ketones (excluding diaryl/α,β-unsaturated/α-hetero) is 1. The second-order valence-corrected chi connectivity index (χ2v) is 6.62. The van der Waals surface area contributed by atoms with Gasteiger partial charge in [-0.3, -0.25) is 4.79 Å². The predicted molar refractivity (Wildman–Crippen MR) is 80.7 cm³/mol. The fraction of sp³-hybridized carbons (Fsp3) is 0.562. The molecule has 0 radical (unpaired) electrons. The highest BCUT2D eigenvalue weighted by molar-refractivity contribution is 9.10. The Labute approximate surface area is 123 Å². The molecule has 1 aliphatic carbocycles. The van der Waals surface area contributed by atoms with E-state index >= 15 is 0 Å². The van der Waals surface area contributed by atoms with Gasteiger partial charge in [-0.2, -0.15) is 0 Å². The Morgan fingerprint density at radius 3 is 2.63 bits per heavy atom. The molecular weight excluding hydrogens is 304 g/mol. The van der Waals surface area contributed by atoms with Crippen molar-refractivity contribution in [1.29, 1.82) is 0 Å². The maximum Gasteiger partial charge on any atom is 0.163 e. The van der Waals surface area contributed by atoms with Crippen molar-refractivity contribution in [1.82, 2.24) is 0 Å². The number of halogens is 1. The first-order valence-electron chi connectivity index (χ1n) is 6.94. The van der Waals surface area contributed by atoms with Gasteiger partial charge in [-0.25, -0.2) is 0 Å². The second-order valence-electron chi connectivity index (χ2n) is 5.70. The Kier molecular flexibility index (Phi) is 4.67. The minimum atomic E-state index is 0.0553. The molecule has 104 valence electrons. The Morgan fingerprint density at radius 2 is 2.00 bits per heavy atom. The Hall–Kier alpha value is -0.830. The summed E-state index contributed by atoms with van der Waals surface area (Å²) in [7, 11) is 0. The number of ether oxygens (including phenoxy) is 1. The lowest BCUT2D eigenvalue weighted by Crippen LogP contribution is -2.29. The van der Waals surface area contributed by atoms with Crippen LogP contribution >= 0.6 is 15.9 Å². The molecule has 0 aromatic heterocycles. The molecule has 0 N–H and O–H groups in total. The summed E-state index contributed by atoms with van der Waals surface area (Å²) in [5.41, 5.74) is 0.675. The zero-order chi connectivity index (χ0) is 14.0. The van der Waals surface area contributed by atoms with Crippen molar-refractivity contribution in [3.63, 3.8) is 0 Å². The first-order valence-corrected chi connectivity index (χ1v) is 7.73. The molecule has 3 unspecified atom stereocenters. The largest absolute Gasteiger partial charge is 0.490 e. The average Bonchev–Trinajstić information content (AvgIpc) is 2.33. The molecule has 0 amide bonds. The number of rotatable bonds is 3. The number of carbonyl (C=O) groups excluding carboxylic acids is 1. The summed E-state index contributed by atoms with van der Waals surface area (Å²) in [6.45, 7) is 6.18. The van der Waals surface area contributed by atoms with Gasteiger partial charge in [0.1, 0.15) is 5.75 Å². The number of ketones is 1. The van der Waals surface area contributed by atoms with Gasteiger partial charge in [0.25, 0.3) is 0 Å². The molecule has 0 heterocycles. The van der Waals surface area contributed by atoms with Crippen LogP contribution in [0, 0.1) is 11.8 Å². The molecule has 1 aromatic rings. The molecule has 19 heavy (non-hydrogen) atoms. The van der Waals surface area contributed by atoms with Gasteiger partial charge < -0.3 is 4.74 Å². The van der Waals surface area contributed by atoms with Crippen LogP contribution in [0.1, 0.15) is 50.4 Å². The van der Waals surface area contributed by atoms with Crippen LogP contribution in [0.25, 0.3) is 0 Å². The maximum atomic E-state index is 11.6. The first kappa shape index (κ1) is 14.6. The number of hydrogen-bond acceptors (Lipinski definition) is 2. The number of benzene rings is 1. The van der Waals surface area contributed by atoms with E-state index in [9.17, 15) is 4.79 Å². The van der Waals surface area contributed by atoms with Crippen LogP contribution in [0.5, 0.6) is 5.75 Å². The van der Waals surface area contributed by atoms with E-state index in [1.54, 1.807) is 6.92 Å². The fourth-order valence-electron chi connectivity index (χ4n) is 2.67. The Morgan fingerprint density at radius 1 is 1.26 bits per heavy atom. The van der Waals surface area contributed by atoms with Gasteiger partial charge in [-0.15, -0.1) is 0 Å². The first-order chi connectivity index (χ1) is 8.97. The van der Waals surface area contributed by atoms with Gasteiger partial charge in [0.2, 0.25) is 0 Å². The van der Waals surface area contributed by atoms with Crippen LogP contribution in [0.4, 0.5) is 0 Å². The van der Waals surface area contributed by atoms with Crippen molar-refractivity contribution in [3.05, 3.63) is 28.2 Å². The molecule has 3 heteroatoms. The fourth-order valence-corrected chi connectivity index (χ4v) is 3.01. The summed E-state index contributed by atoms with van der Waals surface area (Å²) >= 11 is 3.44. The van der Waals surface area contributed by atoms with E-state index in [1.165, 1.54) is 6.42 Å². The quantitative estimate of drug-likeness (QED) is 0.742. The van der Waals surface area contributed by atoms with Crippen molar-refractivity contribution in [3.8, 4) is 5.75 Å². The SMILES string of the molecule is CC(=O)c1ccc(Br)cc1OC1CCC(C)C(C)C1. The zero-order valence-electron chi connectivity index (χ0n) is 11.8. The van der Waals surface area contributed by atoms with Gasteiger partial charge in [-0.1, -0.05) is 29.8 Å². The molecule has 1 saturated carbocycles. The van der Waals surface area contributed by atoms with Gasteiger partial charge in [-0.05, 0) is 56.2 Å². The molecule has 1 aliphatic rings. The molecule has 0 saturated heterocycles. The van der Waals surface area contributed by atoms with Gasteiger partial charge >= 0.3 is 0 Å². The van der Waals surface area contributed by atoms with E-state index in [0.29, 0.717) is 17.2 Å². The Balaban J connectivity index is 2.14. The van der Waals surface area contributed by atoms with Crippen LogP contribution in [0.2, 0.25) is 0 Å². The molecule has 0 spiro atoms. The van der Waals surface area contributed by atoms with Gasteiger partial charge in [0.15, 0.2) is 5.78 Å². The van der Waals surface area contributed by atoms with Crippen LogP contribution in [0.3, 0.4) is 0 Å². The third-order valence-corrected chi connectivity index (χ3v) is 4.66. The van der Waals surface area contributed by atoms with E-state index in [1.807, 2.05) is 18.2 Å². The summed E-state index contributed by atoms with van der Waals surface area (Å²) in [4.78, 5) is 11.6. The van der Waals surface area contributed by atoms with Gasteiger partial charge in [0, 0.05) is 4.47 Å². The molecule has 1 fully saturated rings. The predicted octanol–water partition coefficient (Wildman–Crippen LogP) is 4.86. The second kappa shape index (κ2) is 6.08. The molecular formula is C16H21BrO2. The van der Waals surface area contributed by atoms with Crippen LogP contribution in [-0.4, -0.2) is 11.9 Å². The third-order valence-electron chi connectivity index (χ3n) is 4.17. The van der Waals surface area contributed by atoms with Crippen molar-refractivity contribution in [2.45, 2.75) is 46.1 Å². The summed E-state index contributed by atoms with van der Waals surface area (Å²) in [6.07, 6.45) is 3.59. The average molecular weight is 325 g/mol. The lowest BCUT2D eigenvalue weighted by atomic mass is 9.80. The van der Waals surface area contributed by atoms with Crippen molar-refractivity contribution in [2.75, 3.05) is 0 Å². The third kappa shape index (κ3) is 3.59. The highest BCUT2D eigenvalue weighted by Crippen LogP contribution is 2.33. The van der Waals surface area contributed by atoms with Crippen molar-refractivity contribution < 1.29 is 9.53 Å². The lowest BCUT2D eigenvalue weighted by Gasteiger charge is -2.32. The zero-order valence-corrected chi connectivity index (χ0v) is 13.4. The highest BCUT2D eigenvalue weighted by atomic mass is 79.9. The topological polar surface area (TPSA) is 26.3 Å². The normalized spacial score (nSPS) is 27.1. The standard InChI is InChI=1S/C16H21BrO2/c1-10-4-6-14(8-11(10)2)19-16-9-13(17)5-7-15(16)12(3)18/h5,7,9-11,14H,4,6,8H2,1-3H3. The molecule has 1 aromatic carbocycles. The number of hydrogen-bond donors (Lipinski definition) is 0. The number of carbonyl (C=O) groups is 1. The van der Waals surface area contributed by atoms with Crippen molar-refractivity contribution in [2.24, 2.45) is 11.8 Å². The smallest absolute Gasteiger partial charge is 0.163 e. The lowest BCUT2D eigenvalue weighted by molar-refractivity contribution is 0.0939. The Bertz CT molecular complexity index is 470. The molecule has 0 aliphatic heterocycles. The molecule has 2 nitrogen and oxygen atoms in total. The minimum Gasteiger partial charge on any atom is -0.490 e. The van der Waals surface area contributed by atoms with Crippen molar-refractivity contribution >= 4 is 21.7 Å².